The van der Waals surface area contributed by atoms with Crippen LogP contribution in [0.4, 0.5) is 0 Å². The van der Waals surface area contributed by atoms with E-state index in [4.69, 9.17) is 0 Å². The lowest BCUT2D eigenvalue weighted by molar-refractivity contribution is -0.131. The lowest BCUT2D eigenvalue weighted by atomic mass is 9.76. The van der Waals surface area contributed by atoms with Crippen molar-refractivity contribution in [2.75, 3.05) is 19.6 Å². The van der Waals surface area contributed by atoms with Gasteiger partial charge >= 0.3 is 0 Å². The first kappa shape index (κ1) is 11.6. The normalized spacial score (nSPS) is 25.8. The molecule has 0 atom stereocenters. The number of rotatable bonds is 2. The molecular weight excluding hydrogens is 204 g/mol. The Bertz CT molecular complexity index is 304. The number of piperidine rings is 1. The number of amides is 1. The van der Waals surface area contributed by atoms with E-state index >= 15 is 0 Å². The van der Waals surface area contributed by atoms with Crippen molar-refractivity contribution in [3.05, 3.63) is 0 Å². The van der Waals surface area contributed by atoms with Gasteiger partial charge in [0.1, 0.15) is 6.29 Å². The average Bonchev–Trinajstić information content (AvgIpc) is 2.61. The summed E-state index contributed by atoms with van der Waals surface area (Å²) in [5.41, 5.74) is -0.522. The highest BCUT2D eigenvalue weighted by Gasteiger charge is 2.46. The van der Waals surface area contributed by atoms with Gasteiger partial charge in [-0.25, -0.2) is 0 Å². The Labute approximate surface area is 96.4 Å². The molecule has 2 aliphatic heterocycles. The van der Waals surface area contributed by atoms with Crippen LogP contribution in [0.15, 0.2) is 0 Å². The minimum absolute atomic E-state index is 0.129. The Morgan fingerprint density at radius 3 is 2.38 bits per heavy atom. The molecule has 2 saturated heterocycles. The van der Waals surface area contributed by atoms with E-state index in [1.807, 2.05) is 13.8 Å². The lowest BCUT2D eigenvalue weighted by Gasteiger charge is -2.43. The van der Waals surface area contributed by atoms with Crippen LogP contribution in [0.3, 0.4) is 0 Å². The van der Waals surface area contributed by atoms with Crippen LogP contribution in [0.5, 0.6) is 0 Å². The van der Waals surface area contributed by atoms with Crippen LogP contribution < -0.4 is 5.32 Å². The zero-order chi connectivity index (χ0) is 11.8. The second kappa shape index (κ2) is 3.84. The third-order valence-electron chi connectivity index (χ3n) is 4.19. The van der Waals surface area contributed by atoms with E-state index in [1.165, 1.54) is 0 Å². The molecule has 2 fully saturated rings. The van der Waals surface area contributed by atoms with Gasteiger partial charge in [0, 0.05) is 19.6 Å². The second-order valence-electron chi connectivity index (χ2n) is 5.54. The maximum atomic E-state index is 11.8. The summed E-state index contributed by atoms with van der Waals surface area (Å²) in [6, 6.07) is 0. The third kappa shape index (κ3) is 1.75. The van der Waals surface area contributed by atoms with Crippen LogP contribution in [0.2, 0.25) is 0 Å². The molecule has 90 valence electrons. The van der Waals surface area contributed by atoms with Crippen molar-refractivity contribution in [2.45, 2.75) is 38.6 Å². The molecule has 1 spiro atoms. The Kier molecular flexibility index (Phi) is 2.78. The van der Waals surface area contributed by atoms with Gasteiger partial charge in [0.05, 0.1) is 11.0 Å². The zero-order valence-electron chi connectivity index (χ0n) is 10.1. The number of carbonyl (C=O) groups excluding carboxylic acids is 2. The molecule has 2 rings (SSSR count). The SMILES string of the molecule is CC(C)(C=O)N1CCC2(CCNC2=O)CC1. The predicted octanol–water partition coefficient (Wildman–Crippen LogP) is 0.566. The number of hydrogen-bond acceptors (Lipinski definition) is 3. The zero-order valence-corrected chi connectivity index (χ0v) is 10.1. The van der Waals surface area contributed by atoms with Crippen LogP contribution in [-0.4, -0.2) is 42.3 Å². The van der Waals surface area contributed by atoms with Gasteiger partial charge in [-0.2, -0.15) is 0 Å². The molecule has 0 bridgehead atoms. The van der Waals surface area contributed by atoms with Gasteiger partial charge in [-0.1, -0.05) is 0 Å². The van der Waals surface area contributed by atoms with E-state index in [0.717, 1.165) is 45.2 Å². The molecular formula is C12H20N2O2. The van der Waals surface area contributed by atoms with Gasteiger partial charge in [0.15, 0.2) is 0 Å². The molecule has 0 radical (unpaired) electrons. The highest BCUT2D eigenvalue weighted by atomic mass is 16.2. The first-order chi connectivity index (χ1) is 7.50. The summed E-state index contributed by atoms with van der Waals surface area (Å²) in [5.74, 6) is 0.219. The first-order valence-electron chi connectivity index (χ1n) is 6.00. The maximum absolute atomic E-state index is 11.8. The lowest BCUT2D eigenvalue weighted by Crippen LogP contribution is -2.52. The summed E-state index contributed by atoms with van der Waals surface area (Å²) in [7, 11) is 0. The molecule has 2 heterocycles. The fourth-order valence-electron chi connectivity index (χ4n) is 2.78. The van der Waals surface area contributed by atoms with Crippen molar-refractivity contribution in [3.63, 3.8) is 0 Å². The van der Waals surface area contributed by atoms with Crippen molar-refractivity contribution < 1.29 is 9.59 Å². The van der Waals surface area contributed by atoms with Crippen molar-refractivity contribution in [2.24, 2.45) is 5.41 Å². The fourth-order valence-corrected chi connectivity index (χ4v) is 2.78. The van der Waals surface area contributed by atoms with E-state index in [2.05, 4.69) is 10.2 Å². The number of likely N-dealkylation sites (tertiary alicyclic amines) is 1. The summed E-state index contributed by atoms with van der Waals surface area (Å²) in [6.07, 6.45) is 3.73. The number of carbonyl (C=O) groups is 2. The van der Waals surface area contributed by atoms with Crippen LogP contribution >= 0.6 is 0 Å². The first-order valence-corrected chi connectivity index (χ1v) is 6.00. The molecule has 0 aromatic heterocycles. The van der Waals surface area contributed by atoms with Crippen molar-refractivity contribution in [1.82, 2.24) is 10.2 Å². The van der Waals surface area contributed by atoms with Crippen LogP contribution in [0.1, 0.15) is 33.1 Å². The molecule has 1 N–H and O–H groups in total. The standard InChI is InChI=1S/C12H20N2O2/c1-11(2,9-15)14-7-4-12(5-8-14)3-6-13-10(12)16/h9H,3-8H2,1-2H3,(H,13,16). The number of nitrogens with one attached hydrogen (secondary N) is 1. The van der Waals surface area contributed by atoms with Gasteiger partial charge < -0.3 is 10.1 Å². The average molecular weight is 224 g/mol. The maximum Gasteiger partial charge on any atom is 0.226 e. The molecule has 0 unspecified atom stereocenters. The molecule has 16 heavy (non-hydrogen) atoms. The predicted molar refractivity (Wildman–Crippen MR) is 61.0 cm³/mol. The van der Waals surface area contributed by atoms with E-state index in [1.54, 1.807) is 0 Å². The topological polar surface area (TPSA) is 49.4 Å². The highest BCUT2D eigenvalue weighted by molar-refractivity contribution is 5.84. The quantitative estimate of drug-likeness (QED) is 0.697. The van der Waals surface area contributed by atoms with Gasteiger partial charge in [-0.05, 0) is 33.1 Å². The van der Waals surface area contributed by atoms with Gasteiger partial charge in [-0.3, -0.25) is 9.69 Å². The molecule has 2 aliphatic rings. The van der Waals surface area contributed by atoms with E-state index in [9.17, 15) is 9.59 Å². The van der Waals surface area contributed by atoms with Crippen molar-refractivity contribution in [1.29, 1.82) is 0 Å². The van der Waals surface area contributed by atoms with Gasteiger partial charge in [-0.15, -0.1) is 0 Å². The molecule has 0 aliphatic carbocycles. The molecule has 0 aromatic rings. The Morgan fingerprint density at radius 2 is 1.94 bits per heavy atom. The highest BCUT2D eigenvalue weighted by Crippen LogP contribution is 2.39. The Hall–Kier alpha value is -0.900. The monoisotopic (exact) mass is 224 g/mol. The van der Waals surface area contributed by atoms with E-state index in [-0.39, 0.29) is 11.3 Å². The Balaban J connectivity index is 2.02. The molecule has 0 saturated carbocycles. The fraction of sp³-hybridized carbons (Fsp3) is 0.833. The molecule has 4 nitrogen and oxygen atoms in total. The van der Waals surface area contributed by atoms with Crippen LogP contribution in [0, 0.1) is 5.41 Å². The number of hydrogen-bond donors (Lipinski definition) is 1. The minimum Gasteiger partial charge on any atom is -0.356 e. The van der Waals surface area contributed by atoms with Gasteiger partial charge in [0.25, 0.3) is 0 Å². The molecule has 0 aromatic carbocycles. The smallest absolute Gasteiger partial charge is 0.226 e. The second-order valence-corrected chi connectivity index (χ2v) is 5.54. The third-order valence-corrected chi connectivity index (χ3v) is 4.19. The van der Waals surface area contributed by atoms with E-state index < -0.39 is 5.54 Å². The van der Waals surface area contributed by atoms with E-state index in [0.29, 0.717) is 0 Å². The van der Waals surface area contributed by atoms with Crippen molar-refractivity contribution in [3.8, 4) is 0 Å². The number of nitrogens with zero attached hydrogens (tertiary/aromatic N) is 1. The number of aldehydes is 1. The minimum atomic E-state index is -0.392. The Morgan fingerprint density at radius 1 is 1.31 bits per heavy atom. The van der Waals surface area contributed by atoms with Crippen molar-refractivity contribution >= 4 is 12.2 Å². The summed E-state index contributed by atoms with van der Waals surface area (Å²) < 4.78 is 0. The summed E-state index contributed by atoms with van der Waals surface area (Å²) >= 11 is 0. The largest absolute Gasteiger partial charge is 0.356 e. The summed E-state index contributed by atoms with van der Waals surface area (Å²) in [4.78, 5) is 24.9. The van der Waals surface area contributed by atoms with Gasteiger partial charge in [0.2, 0.25) is 5.91 Å². The van der Waals surface area contributed by atoms with Crippen LogP contribution in [0.25, 0.3) is 0 Å². The molecule has 4 heteroatoms. The summed E-state index contributed by atoms with van der Waals surface area (Å²) in [5, 5.41) is 2.92. The summed E-state index contributed by atoms with van der Waals surface area (Å²) in [6.45, 7) is 6.38. The van der Waals surface area contributed by atoms with Crippen LogP contribution in [-0.2, 0) is 9.59 Å². The molecule has 1 amide bonds.